The number of ether oxygens (including phenoxy) is 2. The summed E-state index contributed by atoms with van der Waals surface area (Å²) in [6.45, 7) is 0.824. The summed E-state index contributed by atoms with van der Waals surface area (Å²) in [4.78, 5) is 12.2. The van der Waals surface area contributed by atoms with Crippen molar-refractivity contribution in [2.75, 3.05) is 25.6 Å². The maximum Gasteiger partial charge on any atom is 0.416 e. The molecule has 2 rings (SSSR count). The Kier molecular flexibility index (Phi) is 7.14. The van der Waals surface area contributed by atoms with Crippen molar-refractivity contribution >= 4 is 28.9 Å². The third-order valence-corrected chi connectivity index (χ3v) is 3.55. The van der Waals surface area contributed by atoms with Crippen molar-refractivity contribution in [2.45, 2.75) is 6.18 Å². The SMILES string of the molecule is COCCOc1ccc(C(=O)NC(=S)Nc2cccc(C(F)(F)F)c2)cc1. The van der Waals surface area contributed by atoms with Gasteiger partial charge in [-0.2, -0.15) is 13.2 Å². The molecule has 0 heterocycles. The summed E-state index contributed by atoms with van der Waals surface area (Å²) in [5.74, 6) is 0.0798. The van der Waals surface area contributed by atoms with Gasteiger partial charge in [0.2, 0.25) is 0 Å². The fourth-order valence-corrected chi connectivity index (χ4v) is 2.27. The number of methoxy groups -OCH3 is 1. The molecule has 0 aromatic heterocycles. The van der Waals surface area contributed by atoms with Gasteiger partial charge in [0.05, 0.1) is 12.2 Å². The molecule has 5 nitrogen and oxygen atoms in total. The highest BCUT2D eigenvalue weighted by Crippen LogP contribution is 2.30. The Labute approximate surface area is 159 Å². The summed E-state index contributed by atoms with van der Waals surface area (Å²) >= 11 is 4.98. The number of rotatable bonds is 6. The van der Waals surface area contributed by atoms with Gasteiger partial charge in [-0.05, 0) is 54.7 Å². The molecule has 27 heavy (non-hydrogen) atoms. The standard InChI is InChI=1S/C18H17F3N2O3S/c1-25-9-10-26-15-7-5-12(6-8-15)16(24)23-17(27)22-14-4-2-3-13(11-14)18(19,20)21/h2-8,11H,9-10H2,1H3,(H2,22,23,24,27). The topological polar surface area (TPSA) is 59.6 Å². The predicted octanol–water partition coefficient (Wildman–Crippen LogP) is 3.86. The lowest BCUT2D eigenvalue weighted by atomic mass is 10.2. The fraction of sp³-hybridized carbons (Fsp3) is 0.222. The van der Waals surface area contributed by atoms with Crippen LogP contribution in [0.15, 0.2) is 48.5 Å². The van der Waals surface area contributed by atoms with E-state index in [2.05, 4.69) is 10.6 Å². The van der Waals surface area contributed by atoms with E-state index < -0.39 is 17.6 Å². The van der Waals surface area contributed by atoms with Crippen molar-refractivity contribution in [1.82, 2.24) is 5.32 Å². The number of thiocarbonyl (C=S) groups is 1. The molecule has 0 aliphatic heterocycles. The third kappa shape index (κ3) is 6.54. The van der Waals surface area contributed by atoms with E-state index in [0.717, 1.165) is 12.1 Å². The van der Waals surface area contributed by atoms with E-state index in [0.29, 0.717) is 24.5 Å². The first-order chi connectivity index (χ1) is 12.8. The third-order valence-electron chi connectivity index (χ3n) is 3.35. The lowest BCUT2D eigenvalue weighted by molar-refractivity contribution is -0.137. The van der Waals surface area contributed by atoms with E-state index in [-0.39, 0.29) is 10.8 Å². The molecule has 2 aromatic rings. The number of hydrogen-bond donors (Lipinski definition) is 2. The molecule has 0 unspecified atom stereocenters. The van der Waals surface area contributed by atoms with E-state index in [9.17, 15) is 18.0 Å². The zero-order valence-corrected chi connectivity index (χ0v) is 15.1. The van der Waals surface area contributed by atoms with Crippen LogP contribution in [0.5, 0.6) is 5.75 Å². The van der Waals surface area contributed by atoms with Crippen molar-refractivity contribution in [3.63, 3.8) is 0 Å². The molecule has 0 aliphatic carbocycles. The van der Waals surface area contributed by atoms with Crippen molar-refractivity contribution in [1.29, 1.82) is 0 Å². The highest BCUT2D eigenvalue weighted by atomic mass is 32.1. The zero-order valence-electron chi connectivity index (χ0n) is 14.3. The number of hydrogen-bond acceptors (Lipinski definition) is 4. The number of carbonyl (C=O) groups excluding carboxylic acids is 1. The molecule has 2 N–H and O–H groups in total. The van der Waals surface area contributed by atoms with Gasteiger partial charge in [-0.1, -0.05) is 6.07 Å². The van der Waals surface area contributed by atoms with Crippen LogP contribution in [0.25, 0.3) is 0 Å². The predicted molar refractivity (Wildman–Crippen MR) is 98.9 cm³/mol. The Morgan fingerprint density at radius 3 is 2.44 bits per heavy atom. The van der Waals surface area contributed by atoms with Gasteiger partial charge in [-0.25, -0.2) is 0 Å². The van der Waals surface area contributed by atoms with Gasteiger partial charge in [-0.3, -0.25) is 10.1 Å². The number of halogens is 3. The second-order valence-corrected chi connectivity index (χ2v) is 5.76. The van der Waals surface area contributed by atoms with Gasteiger partial charge in [0.25, 0.3) is 5.91 Å². The molecule has 0 fully saturated rings. The number of anilines is 1. The second kappa shape index (κ2) is 9.33. The van der Waals surface area contributed by atoms with E-state index in [1.165, 1.54) is 12.1 Å². The molecule has 0 atom stereocenters. The Morgan fingerprint density at radius 1 is 1.11 bits per heavy atom. The number of benzene rings is 2. The summed E-state index contributed by atoms with van der Waals surface area (Å²) in [5.41, 5.74) is -0.370. The molecule has 0 aliphatic rings. The smallest absolute Gasteiger partial charge is 0.416 e. The minimum absolute atomic E-state index is 0.111. The summed E-state index contributed by atoms with van der Waals surface area (Å²) in [7, 11) is 1.56. The fourth-order valence-electron chi connectivity index (χ4n) is 2.06. The van der Waals surface area contributed by atoms with Crippen LogP contribution in [0.2, 0.25) is 0 Å². The van der Waals surface area contributed by atoms with Crippen LogP contribution in [0, 0.1) is 0 Å². The quantitative estimate of drug-likeness (QED) is 0.572. The van der Waals surface area contributed by atoms with Crippen molar-refractivity contribution in [3.8, 4) is 5.75 Å². The van der Waals surface area contributed by atoms with E-state index in [1.807, 2.05) is 0 Å². The van der Waals surface area contributed by atoms with Crippen molar-refractivity contribution < 1.29 is 27.4 Å². The summed E-state index contributed by atoms with van der Waals surface area (Å²) < 4.78 is 48.4. The first-order valence-corrected chi connectivity index (χ1v) is 8.22. The normalized spacial score (nSPS) is 11.0. The summed E-state index contributed by atoms with van der Waals surface area (Å²) in [5, 5.41) is 4.86. The maximum atomic E-state index is 12.7. The highest BCUT2D eigenvalue weighted by molar-refractivity contribution is 7.80. The van der Waals surface area contributed by atoms with Crippen molar-refractivity contribution in [2.24, 2.45) is 0 Å². The molecule has 2 aromatic carbocycles. The van der Waals surface area contributed by atoms with Crippen LogP contribution in [-0.4, -0.2) is 31.3 Å². The lowest BCUT2D eigenvalue weighted by Crippen LogP contribution is -2.34. The maximum absolute atomic E-state index is 12.7. The second-order valence-electron chi connectivity index (χ2n) is 5.35. The molecule has 1 amide bonds. The average molecular weight is 398 g/mol. The van der Waals surface area contributed by atoms with Gasteiger partial charge in [-0.15, -0.1) is 0 Å². The van der Waals surface area contributed by atoms with Gasteiger partial charge in [0, 0.05) is 18.4 Å². The molecular weight excluding hydrogens is 381 g/mol. The molecule has 0 saturated heterocycles. The molecule has 0 saturated carbocycles. The molecule has 0 radical (unpaired) electrons. The van der Waals surface area contributed by atoms with Crippen LogP contribution >= 0.6 is 12.2 Å². The first-order valence-electron chi connectivity index (χ1n) is 7.81. The Morgan fingerprint density at radius 2 is 1.81 bits per heavy atom. The minimum Gasteiger partial charge on any atom is -0.491 e. The summed E-state index contributed by atoms with van der Waals surface area (Å²) in [6, 6.07) is 10.8. The zero-order chi connectivity index (χ0) is 19.9. The Balaban J connectivity index is 1.93. The van der Waals surface area contributed by atoms with Crippen LogP contribution < -0.4 is 15.4 Å². The molecule has 0 spiro atoms. The molecule has 9 heteroatoms. The van der Waals surface area contributed by atoms with Gasteiger partial charge < -0.3 is 14.8 Å². The van der Waals surface area contributed by atoms with E-state index >= 15 is 0 Å². The Hall–Kier alpha value is -2.65. The van der Waals surface area contributed by atoms with Crippen LogP contribution in [-0.2, 0) is 10.9 Å². The molecule has 0 bridgehead atoms. The Bertz CT molecular complexity index is 795. The molecule has 144 valence electrons. The van der Waals surface area contributed by atoms with Crippen LogP contribution in [0.1, 0.15) is 15.9 Å². The van der Waals surface area contributed by atoms with Crippen LogP contribution in [0.4, 0.5) is 18.9 Å². The molecular formula is C18H17F3N2O3S. The number of nitrogens with one attached hydrogen (secondary N) is 2. The lowest BCUT2D eigenvalue weighted by Gasteiger charge is -2.12. The van der Waals surface area contributed by atoms with Gasteiger partial charge >= 0.3 is 6.18 Å². The first kappa shape index (κ1) is 20.7. The number of alkyl halides is 3. The highest BCUT2D eigenvalue weighted by Gasteiger charge is 2.30. The monoisotopic (exact) mass is 398 g/mol. The van der Waals surface area contributed by atoms with E-state index in [4.69, 9.17) is 21.7 Å². The largest absolute Gasteiger partial charge is 0.491 e. The number of amides is 1. The average Bonchev–Trinajstić information content (AvgIpc) is 2.62. The summed E-state index contributed by atoms with van der Waals surface area (Å²) in [6.07, 6.45) is -4.46. The van der Waals surface area contributed by atoms with Crippen molar-refractivity contribution in [3.05, 3.63) is 59.7 Å². The van der Waals surface area contributed by atoms with E-state index in [1.54, 1.807) is 31.4 Å². The number of carbonyl (C=O) groups is 1. The van der Waals surface area contributed by atoms with Gasteiger partial charge in [0.15, 0.2) is 5.11 Å². The van der Waals surface area contributed by atoms with Crippen LogP contribution in [0.3, 0.4) is 0 Å². The van der Waals surface area contributed by atoms with Gasteiger partial charge in [0.1, 0.15) is 12.4 Å². The minimum atomic E-state index is -4.46.